The Bertz CT molecular complexity index is 552. The first-order valence-corrected chi connectivity index (χ1v) is 5.89. The highest BCUT2D eigenvalue weighted by atomic mass is 16.7. The Labute approximate surface area is 104 Å². The fourth-order valence-electron chi connectivity index (χ4n) is 2.60. The summed E-state index contributed by atoms with van der Waals surface area (Å²) in [5, 5.41) is 0. The number of hydrogen-bond acceptors (Lipinski definition) is 4. The number of fused-ring (bicyclic) bond motifs is 3. The van der Waals surface area contributed by atoms with E-state index >= 15 is 0 Å². The molecule has 0 aliphatic carbocycles. The molecule has 0 radical (unpaired) electrons. The Balaban J connectivity index is 2.24. The van der Waals surface area contributed by atoms with E-state index in [1.165, 1.54) is 6.92 Å². The van der Waals surface area contributed by atoms with Crippen LogP contribution >= 0.6 is 0 Å². The van der Waals surface area contributed by atoms with Gasteiger partial charge in [-0.2, -0.15) is 0 Å². The van der Waals surface area contributed by atoms with Crippen molar-refractivity contribution in [1.29, 1.82) is 0 Å². The Morgan fingerprint density at radius 2 is 2.22 bits per heavy atom. The van der Waals surface area contributed by atoms with E-state index in [0.29, 0.717) is 23.6 Å². The number of ketones is 1. The van der Waals surface area contributed by atoms with Gasteiger partial charge in [-0.15, -0.1) is 0 Å². The lowest BCUT2D eigenvalue weighted by Gasteiger charge is -2.14. The van der Waals surface area contributed by atoms with Gasteiger partial charge in [-0.05, 0) is 26.0 Å². The molecular weight excluding hydrogens is 234 g/mol. The number of hydrogen-bond donors (Lipinski definition) is 0. The normalized spacial score (nSPS) is 20.2. The van der Waals surface area contributed by atoms with Crippen LogP contribution in [0, 0.1) is 0 Å². The van der Waals surface area contributed by atoms with E-state index in [1.807, 2.05) is 13.0 Å². The minimum atomic E-state index is -0.753. The molecule has 1 unspecified atom stereocenters. The van der Waals surface area contributed by atoms with E-state index < -0.39 is 5.92 Å². The molecule has 3 rings (SSSR count). The van der Waals surface area contributed by atoms with E-state index in [9.17, 15) is 9.59 Å². The molecule has 0 spiro atoms. The molecular formula is C13H13NO4. The highest BCUT2D eigenvalue weighted by Crippen LogP contribution is 2.49. The zero-order chi connectivity index (χ0) is 12.9. The van der Waals surface area contributed by atoms with Gasteiger partial charge in [0.15, 0.2) is 11.5 Å². The summed E-state index contributed by atoms with van der Waals surface area (Å²) < 4.78 is 10.7. The van der Waals surface area contributed by atoms with Crippen LogP contribution in [0.4, 0.5) is 5.69 Å². The molecule has 18 heavy (non-hydrogen) atoms. The first-order chi connectivity index (χ1) is 8.65. The zero-order valence-electron chi connectivity index (χ0n) is 10.2. The van der Waals surface area contributed by atoms with Gasteiger partial charge in [0.05, 0.1) is 5.69 Å². The van der Waals surface area contributed by atoms with Crippen molar-refractivity contribution in [2.75, 3.05) is 18.2 Å². The van der Waals surface area contributed by atoms with Crippen molar-refractivity contribution in [3.63, 3.8) is 0 Å². The molecule has 2 heterocycles. The van der Waals surface area contributed by atoms with E-state index in [1.54, 1.807) is 11.0 Å². The predicted octanol–water partition coefficient (Wildman–Crippen LogP) is 1.45. The third-order valence-corrected chi connectivity index (χ3v) is 3.37. The smallest absolute Gasteiger partial charge is 0.242 e. The largest absolute Gasteiger partial charge is 0.454 e. The summed E-state index contributed by atoms with van der Waals surface area (Å²) in [7, 11) is 0. The minimum absolute atomic E-state index is 0.136. The molecule has 5 nitrogen and oxygen atoms in total. The number of amides is 1. The summed E-state index contributed by atoms with van der Waals surface area (Å²) in [6.07, 6.45) is 0. The van der Waals surface area contributed by atoms with Crippen LogP contribution in [0.15, 0.2) is 12.1 Å². The molecule has 0 aromatic heterocycles. The molecule has 1 atom stereocenters. The molecule has 0 saturated heterocycles. The van der Waals surface area contributed by atoms with Gasteiger partial charge in [-0.1, -0.05) is 0 Å². The van der Waals surface area contributed by atoms with Crippen molar-refractivity contribution >= 4 is 17.4 Å². The second kappa shape index (κ2) is 3.73. The molecule has 94 valence electrons. The second-order valence-corrected chi connectivity index (χ2v) is 4.36. The number of rotatable bonds is 2. The van der Waals surface area contributed by atoms with Gasteiger partial charge in [0.2, 0.25) is 12.7 Å². The van der Waals surface area contributed by atoms with Crippen LogP contribution in [0.5, 0.6) is 11.5 Å². The summed E-state index contributed by atoms with van der Waals surface area (Å²) in [6, 6.07) is 3.59. The standard InChI is InChI=1S/C13H13NO4/c1-3-14-8-4-5-9-12(18-6-17-9)11(8)10(7(2)15)13(14)16/h4-5,10H,3,6H2,1-2H3. The van der Waals surface area contributed by atoms with Crippen LogP contribution in [0.25, 0.3) is 0 Å². The number of Topliss-reactive ketones (excluding diaryl/α,β-unsaturated/α-hetero) is 1. The molecule has 0 fully saturated rings. The van der Waals surface area contributed by atoms with Crippen LogP contribution in [0.2, 0.25) is 0 Å². The predicted molar refractivity (Wildman–Crippen MR) is 64.0 cm³/mol. The number of carbonyl (C=O) groups is 2. The fraction of sp³-hybridized carbons (Fsp3) is 0.385. The van der Waals surface area contributed by atoms with Crippen molar-refractivity contribution in [3.8, 4) is 11.5 Å². The summed E-state index contributed by atoms with van der Waals surface area (Å²) in [5.41, 5.74) is 1.41. The van der Waals surface area contributed by atoms with Crippen molar-refractivity contribution in [3.05, 3.63) is 17.7 Å². The Morgan fingerprint density at radius 1 is 1.44 bits per heavy atom. The molecule has 0 bridgehead atoms. The Morgan fingerprint density at radius 3 is 2.89 bits per heavy atom. The summed E-state index contributed by atoms with van der Waals surface area (Å²) in [4.78, 5) is 25.6. The van der Waals surface area contributed by atoms with E-state index in [-0.39, 0.29) is 18.5 Å². The molecule has 0 saturated carbocycles. The zero-order valence-corrected chi connectivity index (χ0v) is 10.2. The van der Waals surface area contributed by atoms with Gasteiger partial charge in [0, 0.05) is 12.1 Å². The van der Waals surface area contributed by atoms with Crippen molar-refractivity contribution < 1.29 is 19.1 Å². The first-order valence-electron chi connectivity index (χ1n) is 5.89. The van der Waals surface area contributed by atoms with Crippen molar-refractivity contribution in [2.24, 2.45) is 0 Å². The van der Waals surface area contributed by atoms with E-state index in [0.717, 1.165) is 5.69 Å². The lowest BCUT2D eigenvalue weighted by Crippen LogP contribution is -2.30. The minimum Gasteiger partial charge on any atom is -0.454 e. The van der Waals surface area contributed by atoms with Gasteiger partial charge >= 0.3 is 0 Å². The average Bonchev–Trinajstić information content (AvgIpc) is 2.88. The topological polar surface area (TPSA) is 55.8 Å². The third-order valence-electron chi connectivity index (χ3n) is 3.37. The number of ether oxygens (including phenoxy) is 2. The average molecular weight is 247 g/mol. The highest BCUT2D eigenvalue weighted by molar-refractivity contribution is 6.18. The molecule has 5 heteroatoms. The van der Waals surface area contributed by atoms with Crippen LogP contribution in [0.3, 0.4) is 0 Å². The number of likely N-dealkylation sites (N-methyl/N-ethyl adjacent to an activating group) is 1. The lowest BCUT2D eigenvalue weighted by molar-refractivity contribution is -0.127. The molecule has 1 aromatic rings. The lowest BCUT2D eigenvalue weighted by atomic mass is 9.96. The van der Waals surface area contributed by atoms with Crippen molar-refractivity contribution in [1.82, 2.24) is 0 Å². The quantitative estimate of drug-likeness (QED) is 0.742. The summed E-state index contributed by atoms with van der Waals surface area (Å²) in [5.74, 6) is 0.0457. The van der Waals surface area contributed by atoms with Gasteiger partial charge < -0.3 is 14.4 Å². The first kappa shape index (κ1) is 11.1. The fourth-order valence-corrected chi connectivity index (χ4v) is 2.60. The molecule has 2 aliphatic rings. The van der Waals surface area contributed by atoms with Gasteiger partial charge in [0.25, 0.3) is 0 Å². The maximum Gasteiger partial charge on any atom is 0.242 e. The maximum absolute atomic E-state index is 12.2. The number of benzene rings is 1. The van der Waals surface area contributed by atoms with E-state index in [4.69, 9.17) is 9.47 Å². The third kappa shape index (κ3) is 1.27. The number of carbonyl (C=O) groups excluding carboxylic acids is 2. The summed E-state index contributed by atoms with van der Waals surface area (Å²) in [6.45, 7) is 3.99. The second-order valence-electron chi connectivity index (χ2n) is 4.36. The molecule has 2 aliphatic heterocycles. The van der Waals surface area contributed by atoms with Gasteiger partial charge in [0.1, 0.15) is 11.7 Å². The van der Waals surface area contributed by atoms with Gasteiger partial charge in [-0.25, -0.2) is 0 Å². The van der Waals surface area contributed by atoms with Crippen LogP contribution in [0.1, 0.15) is 25.3 Å². The van der Waals surface area contributed by atoms with Crippen LogP contribution in [-0.2, 0) is 9.59 Å². The highest BCUT2D eigenvalue weighted by Gasteiger charge is 2.43. The van der Waals surface area contributed by atoms with Crippen LogP contribution in [-0.4, -0.2) is 25.0 Å². The SMILES string of the molecule is CCN1C(=O)C(C(C)=O)c2c1ccc1c2OCO1. The van der Waals surface area contributed by atoms with Crippen LogP contribution < -0.4 is 14.4 Å². The van der Waals surface area contributed by atoms with E-state index in [2.05, 4.69) is 0 Å². The Kier molecular flexibility index (Phi) is 2.29. The monoisotopic (exact) mass is 247 g/mol. The molecule has 1 amide bonds. The Hall–Kier alpha value is -2.04. The number of anilines is 1. The van der Waals surface area contributed by atoms with Gasteiger partial charge in [-0.3, -0.25) is 9.59 Å². The van der Waals surface area contributed by atoms with Crippen molar-refractivity contribution in [2.45, 2.75) is 19.8 Å². The molecule has 1 aromatic carbocycles. The molecule has 0 N–H and O–H groups in total. The number of nitrogens with zero attached hydrogens (tertiary/aromatic N) is 1. The summed E-state index contributed by atoms with van der Waals surface area (Å²) >= 11 is 0. The maximum atomic E-state index is 12.2.